The van der Waals surface area contributed by atoms with Crippen molar-refractivity contribution in [2.75, 3.05) is 19.6 Å². The van der Waals surface area contributed by atoms with E-state index in [-0.39, 0.29) is 11.3 Å². The van der Waals surface area contributed by atoms with Gasteiger partial charge in [0.25, 0.3) is 5.91 Å². The number of nitrogens with one attached hydrogen (secondary N) is 2. The van der Waals surface area contributed by atoms with Crippen LogP contribution >= 0.6 is 0 Å². The summed E-state index contributed by atoms with van der Waals surface area (Å²) in [5.41, 5.74) is 0.0653. The predicted octanol–water partition coefficient (Wildman–Crippen LogP) is 3.01. The van der Waals surface area contributed by atoms with Crippen molar-refractivity contribution in [3.8, 4) is 5.69 Å². The molecule has 0 bridgehead atoms. The highest BCUT2D eigenvalue weighted by Gasteiger charge is 2.33. The summed E-state index contributed by atoms with van der Waals surface area (Å²) in [7, 11) is 0. The van der Waals surface area contributed by atoms with Crippen molar-refractivity contribution in [1.82, 2.24) is 20.4 Å². The number of benzene rings is 1. The van der Waals surface area contributed by atoms with E-state index < -0.39 is 11.9 Å². The van der Waals surface area contributed by atoms with Gasteiger partial charge in [-0.3, -0.25) is 4.79 Å². The molecule has 3 rings (SSSR count). The van der Waals surface area contributed by atoms with E-state index in [0.29, 0.717) is 17.8 Å². The van der Waals surface area contributed by atoms with E-state index in [9.17, 15) is 18.0 Å². The van der Waals surface area contributed by atoms with Crippen LogP contribution in [0.3, 0.4) is 0 Å². The molecule has 1 aliphatic rings. The lowest BCUT2D eigenvalue weighted by molar-refractivity contribution is -0.141. The highest BCUT2D eigenvalue weighted by atomic mass is 19.4. The molecule has 26 heavy (non-hydrogen) atoms. The second-order valence-corrected chi connectivity index (χ2v) is 6.93. The molecule has 1 amide bonds. The average Bonchev–Trinajstić information content (AvgIpc) is 3.11. The van der Waals surface area contributed by atoms with Crippen LogP contribution in [0.1, 0.15) is 35.8 Å². The maximum absolute atomic E-state index is 12.6. The van der Waals surface area contributed by atoms with Crippen LogP contribution in [-0.4, -0.2) is 35.3 Å². The van der Waals surface area contributed by atoms with E-state index in [1.165, 1.54) is 6.20 Å². The van der Waals surface area contributed by atoms with Crippen LogP contribution in [0.25, 0.3) is 5.69 Å². The lowest BCUT2D eigenvalue weighted by Crippen LogP contribution is -2.42. The second-order valence-electron chi connectivity index (χ2n) is 6.93. The number of hydrogen-bond acceptors (Lipinski definition) is 3. The van der Waals surface area contributed by atoms with Gasteiger partial charge in [0, 0.05) is 18.3 Å². The zero-order valence-corrected chi connectivity index (χ0v) is 14.4. The Kier molecular flexibility index (Phi) is 5.04. The maximum atomic E-state index is 12.6. The molecular weight excluding hydrogens is 345 g/mol. The van der Waals surface area contributed by atoms with Crippen LogP contribution in [0.2, 0.25) is 0 Å². The molecule has 0 aliphatic carbocycles. The Balaban J connectivity index is 1.63. The quantitative estimate of drug-likeness (QED) is 0.875. The van der Waals surface area contributed by atoms with Crippen molar-refractivity contribution in [2.24, 2.45) is 5.41 Å². The number of piperidine rings is 1. The fourth-order valence-corrected chi connectivity index (χ4v) is 2.99. The molecule has 0 atom stereocenters. The third kappa shape index (κ3) is 4.24. The number of hydrogen-bond donors (Lipinski definition) is 2. The Bertz CT molecular complexity index is 761. The van der Waals surface area contributed by atoms with E-state index in [1.54, 1.807) is 24.3 Å². The van der Waals surface area contributed by atoms with Gasteiger partial charge in [0.1, 0.15) is 0 Å². The van der Waals surface area contributed by atoms with E-state index >= 15 is 0 Å². The Morgan fingerprint density at radius 2 is 1.88 bits per heavy atom. The van der Waals surface area contributed by atoms with E-state index in [0.717, 1.165) is 36.7 Å². The van der Waals surface area contributed by atoms with Crippen LogP contribution in [-0.2, 0) is 6.18 Å². The Labute approximate surface area is 149 Å². The third-order valence-corrected chi connectivity index (χ3v) is 4.76. The summed E-state index contributed by atoms with van der Waals surface area (Å²) in [4.78, 5) is 12.3. The minimum absolute atomic E-state index is 0.0872. The fourth-order valence-electron chi connectivity index (χ4n) is 2.99. The van der Waals surface area contributed by atoms with Crippen molar-refractivity contribution >= 4 is 5.91 Å². The Morgan fingerprint density at radius 3 is 2.46 bits per heavy atom. The number of rotatable bonds is 4. The summed E-state index contributed by atoms with van der Waals surface area (Å²) in [5.74, 6) is -0.187. The molecule has 2 heterocycles. The first-order chi connectivity index (χ1) is 12.3. The summed E-state index contributed by atoms with van der Waals surface area (Å²) in [6.45, 7) is 4.66. The summed E-state index contributed by atoms with van der Waals surface area (Å²) >= 11 is 0. The fraction of sp³-hybridized carbons (Fsp3) is 0.444. The van der Waals surface area contributed by atoms with Crippen LogP contribution in [0.5, 0.6) is 0 Å². The van der Waals surface area contributed by atoms with E-state index in [2.05, 4.69) is 22.7 Å². The molecule has 1 aromatic heterocycles. The van der Waals surface area contributed by atoms with E-state index in [4.69, 9.17) is 0 Å². The van der Waals surface area contributed by atoms with Gasteiger partial charge in [-0.25, -0.2) is 4.68 Å². The van der Waals surface area contributed by atoms with Crippen molar-refractivity contribution < 1.29 is 18.0 Å². The number of alkyl halides is 3. The zero-order valence-electron chi connectivity index (χ0n) is 14.4. The molecule has 0 saturated carbocycles. The van der Waals surface area contributed by atoms with Crippen LogP contribution in [0.15, 0.2) is 36.5 Å². The molecular formula is C18H21F3N4O. The maximum Gasteiger partial charge on any atom is 0.435 e. The van der Waals surface area contributed by atoms with Gasteiger partial charge in [0.15, 0.2) is 5.69 Å². The average molecular weight is 366 g/mol. The summed E-state index contributed by atoms with van der Waals surface area (Å²) in [6, 6.07) is 7.25. The molecule has 0 radical (unpaired) electrons. The van der Waals surface area contributed by atoms with Crippen LogP contribution < -0.4 is 10.6 Å². The number of halogens is 3. The number of nitrogens with zero attached hydrogens (tertiary/aromatic N) is 2. The monoisotopic (exact) mass is 366 g/mol. The lowest BCUT2D eigenvalue weighted by atomic mass is 9.81. The van der Waals surface area contributed by atoms with Crippen LogP contribution in [0, 0.1) is 5.41 Å². The smallest absolute Gasteiger partial charge is 0.351 e. The topological polar surface area (TPSA) is 59.0 Å². The second kappa shape index (κ2) is 7.11. The first-order valence-electron chi connectivity index (χ1n) is 8.49. The molecule has 8 heteroatoms. The minimum Gasteiger partial charge on any atom is -0.351 e. The Morgan fingerprint density at radius 1 is 1.23 bits per heavy atom. The SMILES string of the molecule is CC1(CNC(=O)c2ccc(-n3ccc(C(F)(F)F)n3)cc2)CCNCC1. The van der Waals surface area contributed by atoms with Crippen molar-refractivity contribution in [1.29, 1.82) is 0 Å². The molecule has 1 saturated heterocycles. The number of carbonyl (C=O) groups is 1. The van der Waals surface area contributed by atoms with Gasteiger partial charge in [0.05, 0.1) is 5.69 Å². The third-order valence-electron chi connectivity index (χ3n) is 4.76. The van der Waals surface area contributed by atoms with Gasteiger partial charge in [0.2, 0.25) is 0 Å². The normalized spacial score (nSPS) is 17.1. The van der Waals surface area contributed by atoms with Crippen molar-refractivity contribution in [3.63, 3.8) is 0 Å². The lowest BCUT2D eigenvalue weighted by Gasteiger charge is -2.34. The van der Waals surface area contributed by atoms with Crippen molar-refractivity contribution in [2.45, 2.75) is 25.9 Å². The largest absolute Gasteiger partial charge is 0.435 e. The van der Waals surface area contributed by atoms with Gasteiger partial charge >= 0.3 is 6.18 Å². The summed E-state index contributed by atoms with van der Waals surface area (Å²) in [5, 5.41) is 9.77. The minimum atomic E-state index is -4.48. The standard InChI is InChI=1S/C18H21F3N4O/c1-17(7-9-22-10-8-17)12-23-16(26)13-2-4-14(5-3-13)25-11-6-15(24-25)18(19,20)21/h2-6,11,22H,7-10,12H2,1H3,(H,23,26). The van der Waals surface area contributed by atoms with Crippen molar-refractivity contribution in [3.05, 3.63) is 47.8 Å². The number of aromatic nitrogens is 2. The van der Waals surface area contributed by atoms with Gasteiger partial charge in [-0.05, 0) is 61.7 Å². The molecule has 1 aromatic carbocycles. The first kappa shape index (κ1) is 18.4. The van der Waals surface area contributed by atoms with Gasteiger partial charge < -0.3 is 10.6 Å². The Hall–Kier alpha value is -2.35. The molecule has 140 valence electrons. The molecule has 1 fully saturated rings. The zero-order chi connectivity index (χ0) is 18.8. The van der Waals surface area contributed by atoms with Gasteiger partial charge in [-0.1, -0.05) is 6.92 Å². The predicted molar refractivity (Wildman–Crippen MR) is 91.1 cm³/mol. The molecule has 1 aliphatic heterocycles. The van der Waals surface area contributed by atoms with Gasteiger partial charge in [-0.15, -0.1) is 0 Å². The molecule has 5 nitrogen and oxygen atoms in total. The van der Waals surface area contributed by atoms with E-state index in [1.807, 2.05) is 0 Å². The molecule has 0 unspecified atom stereocenters. The van der Waals surface area contributed by atoms with Crippen LogP contribution in [0.4, 0.5) is 13.2 Å². The summed E-state index contributed by atoms with van der Waals surface area (Å²) in [6.07, 6.45) is -1.22. The highest BCUT2D eigenvalue weighted by Crippen LogP contribution is 2.28. The first-order valence-corrected chi connectivity index (χ1v) is 8.49. The summed E-state index contributed by atoms with van der Waals surface area (Å²) < 4.78 is 39.0. The van der Waals surface area contributed by atoms with Gasteiger partial charge in [-0.2, -0.15) is 18.3 Å². The molecule has 2 N–H and O–H groups in total. The number of amides is 1. The molecule has 0 spiro atoms. The number of carbonyl (C=O) groups excluding carboxylic acids is 1. The molecule has 2 aromatic rings. The highest BCUT2D eigenvalue weighted by molar-refractivity contribution is 5.94.